The lowest BCUT2D eigenvalue weighted by Gasteiger charge is -2.15. The second-order valence-electron chi connectivity index (χ2n) is 7.10. The van der Waals surface area contributed by atoms with E-state index in [4.69, 9.17) is 0 Å². The Labute approximate surface area is 134 Å². The Morgan fingerprint density at radius 1 is 0.571 bits per heavy atom. The number of aliphatic hydroxyl groups is 1. The van der Waals surface area contributed by atoms with Gasteiger partial charge in [0.15, 0.2) is 0 Å². The van der Waals surface area contributed by atoms with Crippen LogP contribution in [0.5, 0.6) is 0 Å². The topological polar surface area (TPSA) is 20.2 Å². The van der Waals surface area contributed by atoms with Crippen LogP contribution in [0.15, 0.2) is 0 Å². The molecule has 0 saturated heterocycles. The molecule has 0 heterocycles. The summed E-state index contributed by atoms with van der Waals surface area (Å²) >= 11 is 0. The summed E-state index contributed by atoms with van der Waals surface area (Å²) in [5, 5.41) is 10.0. The summed E-state index contributed by atoms with van der Waals surface area (Å²) in [6.07, 6.45) is 19.5. The molecule has 2 atom stereocenters. The third kappa shape index (κ3) is 16.2. The molecule has 0 bridgehead atoms. The Morgan fingerprint density at radius 3 is 1.62 bits per heavy atom. The van der Waals surface area contributed by atoms with Gasteiger partial charge in [-0.05, 0) is 25.2 Å². The van der Waals surface area contributed by atoms with Crippen molar-refractivity contribution in [3.05, 3.63) is 0 Å². The Hall–Kier alpha value is -0.0400. The third-order valence-electron chi connectivity index (χ3n) is 4.68. The molecule has 1 nitrogen and oxygen atoms in total. The molecule has 0 aliphatic rings. The van der Waals surface area contributed by atoms with E-state index < -0.39 is 0 Å². The SMILES string of the molecule is CCCCCCCCC(C)CCC(O)CCCCCCC. The van der Waals surface area contributed by atoms with E-state index in [9.17, 15) is 5.11 Å². The molecule has 0 aliphatic carbocycles. The van der Waals surface area contributed by atoms with E-state index in [-0.39, 0.29) is 6.10 Å². The first-order valence-electron chi connectivity index (χ1n) is 9.88. The van der Waals surface area contributed by atoms with Gasteiger partial charge in [0.2, 0.25) is 0 Å². The Kier molecular flexibility index (Phi) is 16.3. The van der Waals surface area contributed by atoms with Gasteiger partial charge in [0, 0.05) is 0 Å². The highest BCUT2D eigenvalue weighted by atomic mass is 16.3. The molecular formula is C20H42O. The summed E-state index contributed by atoms with van der Waals surface area (Å²) in [5.41, 5.74) is 0. The van der Waals surface area contributed by atoms with Crippen LogP contribution in [0, 0.1) is 5.92 Å². The van der Waals surface area contributed by atoms with Gasteiger partial charge in [-0.2, -0.15) is 0 Å². The molecule has 0 fully saturated rings. The van der Waals surface area contributed by atoms with Gasteiger partial charge in [0.05, 0.1) is 6.10 Å². The van der Waals surface area contributed by atoms with Crippen LogP contribution in [0.3, 0.4) is 0 Å². The van der Waals surface area contributed by atoms with Crippen molar-refractivity contribution in [2.24, 2.45) is 5.92 Å². The van der Waals surface area contributed by atoms with Crippen molar-refractivity contribution in [3.63, 3.8) is 0 Å². The molecule has 21 heavy (non-hydrogen) atoms. The summed E-state index contributed by atoms with van der Waals surface area (Å²) in [4.78, 5) is 0. The third-order valence-corrected chi connectivity index (χ3v) is 4.68. The normalized spacial score (nSPS) is 14.3. The van der Waals surface area contributed by atoms with Crippen molar-refractivity contribution in [1.82, 2.24) is 0 Å². The van der Waals surface area contributed by atoms with Crippen LogP contribution in [0.25, 0.3) is 0 Å². The van der Waals surface area contributed by atoms with Crippen LogP contribution < -0.4 is 0 Å². The molecule has 0 rings (SSSR count). The van der Waals surface area contributed by atoms with Crippen LogP contribution in [0.2, 0.25) is 0 Å². The minimum Gasteiger partial charge on any atom is -0.393 e. The lowest BCUT2D eigenvalue weighted by Crippen LogP contribution is -2.08. The van der Waals surface area contributed by atoms with Crippen LogP contribution in [-0.2, 0) is 0 Å². The van der Waals surface area contributed by atoms with Crippen LogP contribution in [0.4, 0.5) is 0 Å². The van der Waals surface area contributed by atoms with Gasteiger partial charge in [-0.3, -0.25) is 0 Å². The Morgan fingerprint density at radius 2 is 1.05 bits per heavy atom. The largest absolute Gasteiger partial charge is 0.393 e. The van der Waals surface area contributed by atoms with Crippen LogP contribution in [0.1, 0.15) is 117 Å². The first-order valence-corrected chi connectivity index (χ1v) is 9.88. The smallest absolute Gasteiger partial charge is 0.0540 e. The Balaban J connectivity index is 3.32. The summed E-state index contributed by atoms with van der Waals surface area (Å²) < 4.78 is 0. The second-order valence-corrected chi connectivity index (χ2v) is 7.10. The van der Waals surface area contributed by atoms with Gasteiger partial charge in [-0.1, -0.05) is 97.8 Å². The van der Waals surface area contributed by atoms with Gasteiger partial charge in [0.1, 0.15) is 0 Å². The molecule has 128 valence electrons. The number of unbranched alkanes of at least 4 members (excludes halogenated alkanes) is 9. The Bertz CT molecular complexity index is 190. The van der Waals surface area contributed by atoms with Crippen LogP contribution >= 0.6 is 0 Å². The lowest BCUT2D eigenvalue weighted by molar-refractivity contribution is 0.141. The maximum atomic E-state index is 10.0. The van der Waals surface area contributed by atoms with Crippen LogP contribution in [-0.4, -0.2) is 11.2 Å². The van der Waals surface area contributed by atoms with E-state index in [2.05, 4.69) is 20.8 Å². The first kappa shape index (κ1) is 21.0. The predicted molar refractivity (Wildman–Crippen MR) is 95.8 cm³/mol. The monoisotopic (exact) mass is 298 g/mol. The molecule has 0 saturated carbocycles. The molecule has 0 aromatic heterocycles. The molecule has 0 aromatic carbocycles. The maximum Gasteiger partial charge on any atom is 0.0540 e. The fourth-order valence-electron chi connectivity index (χ4n) is 3.02. The van der Waals surface area contributed by atoms with Gasteiger partial charge >= 0.3 is 0 Å². The summed E-state index contributed by atoms with van der Waals surface area (Å²) in [7, 11) is 0. The molecule has 0 aromatic rings. The second kappa shape index (κ2) is 16.3. The zero-order chi connectivity index (χ0) is 15.8. The van der Waals surface area contributed by atoms with E-state index >= 15 is 0 Å². The molecule has 0 aliphatic heterocycles. The van der Waals surface area contributed by atoms with E-state index in [0.717, 1.165) is 18.8 Å². The fourth-order valence-corrected chi connectivity index (χ4v) is 3.02. The minimum absolute atomic E-state index is 0.0429. The standard InChI is InChI=1S/C20H42O/c1-4-6-8-10-12-13-15-19(3)17-18-20(21)16-14-11-9-7-5-2/h19-21H,4-18H2,1-3H3. The van der Waals surface area contributed by atoms with Gasteiger partial charge in [-0.25, -0.2) is 0 Å². The van der Waals surface area contributed by atoms with Crippen molar-refractivity contribution in [1.29, 1.82) is 0 Å². The number of hydrogen-bond acceptors (Lipinski definition) is 1. The summed E-state index contributed by atoms with van der Waals surface area (Å²) in [6, 6.07) is 0. The summed E-state index contributed by atoms with van der Waals surface area (Å²) in [6.45, 7) is 6.89. The average molecular weight is 299 g/mol. The van der Waals surface area contributed by atoms with E-state index in [1.807, 2.05) is 0 Å². The number of hydrogen-bond donors (Lipinski definition) is 1. The molecule has 2 unspecified atom stereocenters. The van der Waals surface area contributed by atoms with Crippen molar-refractivity contribution >= 4 is 0 Å². The van der Waals surface area contributed by atoms with Crippen molar-refractivity contribution in [3.8, 4) is 0 Å². The average Bonchev–Trinajstić information content (AvgIpc) is 2.48. The maximum absolute atomic E-state index is 10.0. The number of aliphatic hydroxyl groups excluding tert-OH is 1. The van der Waals surface area contributed by atoms with E-state index in [0.29, 0.717) is 0 Å². The molecule has 0 amide bonds. The summed E-state index contributed by atoms with van der Waals surface area (Å²) in [5.74, 6) is 0.797. The van der Waals surface area contributed by atoms with Crippen molar-refractivity contribution in [2.75, 3.05) is 0 Å². The molecule has 0 spiro atoms. The highest BCUT2D eigenvalue weighted by molar-refractivity contribution is 4.61. The van der Waals surface area contributed by atoms with Gasteiger partial charge in [0.25, 0.3) is 0 Å². The van der Waals surface area contributed by atoms with Gasteiger partial charge in [-0.15, -0.1) is 0 Å². The van der Waals surface area contributed by atoms with E-state index in [1.165, 1.54) is 83.5 Å². The zero-order valence-electron chi connectivity index (χ0n) is 15.2. The fraction of sp³-hybridized carbons (Fsp3) is 1.00. The van der Waals surface area contributed by atoms with Gasteiger partial charge < -0.3 is 5.11 Å². The highest BCUT2D eigenvalue weighted by Crippen LogP contribution is 2.19. The molecular weight excluding hydrogens is 256 g/mol. The predicted octanol–water partition coefficient (Wildman–Crippen LogP) is 6.87. The molecule has 1 heteroatoms. The quantitative estimate of drug-likeness (QED) is 0.308. The van der Waals surface area contributed by atoms with Crippen molar-refractivity contribution < 1.29 is 5.11 Å². The number of rotatable bonds is 16. The zero-order valence-corrected chi connectivity index (χ0v) is 15.2. The van der Waals surface area contributed by atoms with Crippen molar-refractivity contribution in [2.45, 2.75) is 123 Å². The minimum atomic E-state index is -0.0429. The first-order chi connectivity index (χ1) is 10.2. The molecule has 0 radical (unpaired) electrons. The highest BCUT2D eigenvalue weighted by Gasteiger charge is 2.08. The lowest BCUT2D eigenvalue weighted by atomic mass is 9.95. The van der Waals surface area contributed by atoms with E-state index in [1.54, 1.807) is 0 Å². The molecule has 1 N–H and O–H groups in total.